The van der Waals surface area contributed by atoms with Crippen LogP contribution < -0.4 is 10.6 Å². The van der Waals surface area contributed by atoms with Crippen molar-refractivity contribution in [2.45, 2.75) is 40.2 Å². The van der Waals surface area contributed by atoms with Crippen molar-refractivity contribution in [2.75, 3.05) is 23.7 Å². The van der Waals surface area contributed by atoms with E-state index in [1.807, 2.05) is 20.8 Å². The smallest absolute Gasteiger partial charge is 0.224 e. The zero-order valence-corrected chi connectivity index (χ0v) is 11.7. The highest BCUT2D eigenvalue weighted by atomic mass is 16.3. The minimum Gasteiger partial charge on any atom is -0.391 e. The summed E-state index contributed by atoms with van der Waals surface area (Å²) in [6.07, 6.45) is 2.45. The average molecular weight is 252 g/mol. The van der Waals surface area contributed by atoms with Crippen molar-refractivity contribution >= 4 is 11.8 Å². The van der Waals surface area contributed by atoms with E-state index >= 15 is 0 Å². The number of hydrogen-bond donors (Lipinski definition) is 3. The fourth-order valence-electron chi connectivity index (χ4n) is 1.38. The van der Waals surface area contributed by atoms with Gasteiger partial charge in [0, 0.05) is 24.8 Å². The van der Waals surface area contributed by atoms with E-state index < -0.39 is 0 Å². The summed E-state index contributed by atoms with van der Waals surface area (Å²) in [6.45, 7) is 9.40. The van der Waals surface area contributed by atoms with Gasteiger partial charge in [-0.3, -0.25) is 0 Å². The molecule has 0 aliphatic rings. The van der Waals surface area contributed by atoms with Crippen LogP contribution in [-0.2, 0) is 0 Å². The summed E-state index contributed by atoms with van der Waals surface area (Å²) < 4.78 is 0. The molecule has 0 saturated heterocycles. The molecule has 5 heteroatoms. The Morgan fingerprint density at radius 1 is 1.33 bits per heavy atom. The fraction of sp³-hybridized carbons (Fsp3) is 0.692. The van der Waals surface area contributed by atoms with E-state index in [1.54, 1.807) is 6.20 Å². The molecule has 0 aliphatic heterocycles. The maximum absolute atomic E-state index is 9.77. The Balaban J connectivity index is 2.63. The molecule has 1 rings (SSSR count). The van der Waals surface area contributed by atoms with Gasteiger partial charge in [-0.15, -0.1) is 0 Å². The van der Waals surface area contributed by atoms with Gasteiger partial charge < -0.3 is 15.7 Å². The van der Waals surface area contributed by atoms with Crippen molar-refractivity contribution < 1.29 is 5.11 Å². The van der Waals surface area contributed by atoms with Crippen LogP contribution in [-0.4, -0.2) is 34.3 Å². The Morgan fingerprint density at radius 3 is 2.67 bits per heavy atom. The fourth-order valence-corrected chi connectivity index (χ4v) is 1.38. The standard InChI is InChI=1S/C13H24N4O/c1-5-6-14-13-16-7-10(4)12(17-13)15-8-11(18)9(2)3/h7,9,11,18H,5-6,8H2,1-4H3,(H2,14,15,16,17). The van der Waals surface area contributed by atoms with E-state index in [1.165, 1.54) is 0 Å². The van der Waals surface area contributed by atoms with Gasteiger partial charge in [-0.05, 0) is 19.3 Å². The minimum absolute atomic E-state index is 0.234. The van der Waals surface area contributed by atoms with Crippen LogP contribution in [0.4, 0.5) is 11.8 Å². The third kappa shape index (κ3) is 4.49. The van der Waals surface area contributed by atoms with Gasteiger partial charge in [-0.1, -0.05) is 20.8 Å². The average Bonchev–Trinajstić information content (AvgIpc) is 2.35. The number of aryl methyl sites for hydroxylation is 1. The van der Waals surface area contributed by atoms with Crippen LogP contribution in [0, 0.1) is 12.8 Å². The molecular weight excluding hydrogens is 228 g/mol. The van der Waals surface area contributed by atoms with Crippen LogP contribution in [0.3, 0.4) is 0 Å². The number of rotatable bonds is 7. The molecule has 1 heterocycles. The van der Waals surface area contributed by atoms with Gasteiger partial charge in [0.2, 0.25) is 5.95 Å². The zero-order chi connectivity index (χ0) is 13.5. The number of aliphatic hydroxyl groups is 1. The molecule has 0 amide bonds. The predicted molar refractivity (Wildman–Crippen MR) is 74.9 cm³/mol. The van der Waals surface area contributed by atoms with Gasteiger partial charge in [0.1, 0.15) is 5.82 Å². The van der Waals surface area contributed by atoms with Gasteiger partial charge in [0.05, 0.1) is 6.10 Å². The molecule has 0 saturated carbocycles. The molecule has 18 heavy (non-hydrogen) atoms. The molecule has 3 N–H and O–H groups in total. The van der Waals surface area contributed by atoms with Crippen molar-refractivity contribution in [3.8, 4) is 0 Å². The lowest BCUT2D eigenvalue weighted by atomic mass is 10.1. The highest BCUT2D eigenvalue weighted by Crippen LogP contribution is 2.13. The van der Waals surface area contributed by atoms with E-state index in [0.717, 1.165) is 24.3 Å². The van der Waals surface area contributed by atoms with E-state index in [4.69, 9.17) is 0 Å². The van der Waals surface area contributed by atoms with Gasteiger partial charge in [-0.2, -0.15) is 4.98 Å². The van der Waals surface area contributed by atoms with Crippen LogP contribution in [0.5, 0.6) is 0 Å². The Bertz CT molecular complexity index is 368. The normalized spacial score (nSPS) is 12.6. The molecular formula is C13H24N4O. The topological polar surface area (TPSA) is 70.1 Å². The Morgan fingerprint density at radius 2 is 2.06 bits per heavy atom. The second-order valence-corrected chi connectivity index (χ2v) is 4.84. The number of nitrogens with zero attached hydrogens (tertiary/aromatic N) is 2. The van der Waals surface area contributed by atoms with Crippen LogP contribution in [0.25, 0.3) is 0 Å². The summed E-state index contributed by atoms with van der Waals surface area (Å²) in [5.41, 5.74) is 0.980. The summed E-state index contributed by atoms with van der Waals surface area (Å²) in [5, 5.41) is 16.1. The van der Waals surface area contributed by atoms with Crippen molar-refractivity contribution in [2.24, 2.45) is 5.92 Å². The first-order valence-corrected chi connectivity index (χ1v) is 6.54. The van der Waals surface area contributed by atoms with Crippen LogP contribution in [0.15, 0.2) is 6.20 Å². The first-order chi connectivity index (χ1) is 8.54. The second-order valence-electron chi connectivity index (χ2n) is 4.84. The van der Waals surface area contributed by atoms with Crippen molar-refractivity contribution in [1.29, 1.82) is 0 Å². The van der Waals surface area contributed by atoms with Gasteiger partial charge in [-0.25, -0.2) is 4.98 Å². The molecule has 1 atom stereocenters. The van der Waals surface area contributed by atoms with Gasteiger partial charge in [0.25, 0.3) is 0 Å². The third-order valence-electron chi connectivity index (χ3n) is 2.75. The third-order valence-corrected chi connectivity index (χ3v) is 2.75. The number of aliphatic hydroxyl groups excluding tert-OH is 1. The van der Waals surface area contributed by atoms with Gasteiger partial charge >= 0.3 is 0 Å². The van der Waals surface area contributed by atoms with E-state index in [0.29, 0.717) is 12.5 Å². The Hall–Kier alpha value is -1.36. The highest BCUT2D eigenvalue weighted by Gasteiger charge is 2.10. The lowest BCUT2D eigenvalue weighted by molar-refractivity contribution is 0.138. The lowest BCUT2D eigenvalue weighted by Gasteiger charge is -2.16. The number of hydrogen-bond acceptors (Lipinski definition) is 5. The van der Waals surface area contributed by atoms with E-state index in [9.17, 15) is 5.11 Å². The monoisotopic (exact) mass is 252 g/mol. The number of anilines is 2. The zero-order valence-electron chi connectivity index (χ0n) is 11.7. The molecule has 102 valence electrons. The molecule has 5 nitrogen and oxygen atoms in total. The van der Waals surface area contributed by atoms with Crippen molar-refractivity contribution in [1.82, 2.24) is 9.97 Å². The molecule has 0 aromatic carbocycles. The SMILES string of the molecule is CCCNc1ncc(C)c(NCC(O)C(C)C)n1. The summed E-state index contributed by atoms with van der Waals surface area (Å²) in [5.74, 6) is 1.64. The van der Waals surface area contributed by atoms with Crippen LogP contribution in [0.2, 0.25) is 0 Å². The summed E-state index contributed by atoms with van der Waals surface area (Å²) in [7, 11) is 0. The summed E-state index contributed by atoms with van der Waals surface area (Å²) in [6, 6.07) is 0. The molecule has 0 bridgehead atoms. The Labute approximate surface area is 109 Å². The molecule has 0 aliphatic carbocycles. The van der Waals surface area contributed by atoms with Crippen LogP contribution >= 0.6 is 0 Å². The summed E-state index contributed by atoms with van der Waals surface area (Å²) in [4.78, 5) is 8.61. The quantitative estimate of drug-likeness (QED) is 0.692. The number of nitrogens with one attached hydrogen (secondary N) is 2. The maximum Gasteiger partial charge on any atom is 0.224 e. The largest absolute Gasteiger partial charge is 0.391 e. The molecule has 0 fully saturated rings. The molecule has 1 aromatic heterocycles. The number of aromatic nitrogens is 2. The predicted octanol–water partition coefficient (Wildman–Crippen LogP) is 2.04. The molecule has 0 radical (unpaired) electrons. The summed E-state index contributed by atoms with van der Waals surface area (Å²) >= 11 is 0. The Kier molecular flexibility index (Phi) is 5.85. The van der Waals surface area contributed by atoms with E-state index in [-0.39, 0.29) is 12.0 Å². The maximum atomic E-state index is 9.77. The van der Waals surface area contributed by atoms with E-state index in [2.05, 4.69) is 27.5 Å². The highest BCUT2D eigenvalue weighted by molar-refractivity contribution is 5.46. The molecule has 1 unspecified atom stereocenters. The van der Waals surface area contributed by atoms with Crippen molar-refractivity contribution in [3.05, 3.63) is 11.8 Å². The molecule has 0 spiro atoms. The molecule has 1 aromatic rings. The second kappa shape index (κ2) is 7.16. The van der Waals surface area contributed by atoms with Crippen molar-refractivity contribution in [3.63, 3.8) is 0 Å². The first-order valence-electron chi connectivity index (χ1n) is 6.54. The van der Waals surface area contributed by atoms with Crippen LogP contribution in [0.1, 0.15) is 32.8 Å². The minimum atomic E-state index is -0.369. The first kappa shape index (κ1) is 14.7. The van der Waals surface area contributed by atoms with Gasteiger partial charge in [0.15, 0.2) is 0 Å². The lowest BCUT2D eigenvalue weighted by Crippen LogP contribution is -2.25.